The smallest absolute Gasteiger partial charge is 0.131 e. The molecule has 1 nitrogen and oxygen atoms in total. The van der Waals surface area contributed by atoms with Crippen LogP contribution in [-0.4, -0.2) is 17.2 Å². The summed E-state index contributed by atoms with van der Waals surface area (Å²) in [6, 6.07) is 25.2. The number of hydrogen-bond acceptors (Lipinski definition) is 1. The quantitative estimate of drug-likeness (QED) is 0.262. The molecule has 196 valence electrons. The van der Waals surface area contributed by atoms with Crippen LogP contribution < -0.4 is 0 Å². The second-order valence-corrected chi connectivity index (χ2v) is 11.0. The molecule has 4 aromatic rings. The average Bonchev–Trinajstić information content (AvgIpc) is 3.10. The van der Waals surface area contributed by atoms with Crippen LogP contribution in [0.25, 0.3) is 28.3 Å². The molecular formula is C34H34F2OS. The Hall–Kier alpha value is -3.76. The molecule has 0 saturated carbocycles. The van der Waals surface area contributed by atoms with Gasteiger partial charge in [-0.25, -0.2) is 8.78 Å². The molecule has 1 atom stereocenters. The molecule has 0 fully saturated rings. The number of aryl methyl sites for hydroxylation is 1. The standard InChI is InChI=1S/C20H19FS.C13H11FO.CH4/c1-13-14(2)20-12-16(21)7-10-18(20)19(13)11-15-5-8-17(9-6-15)22(3)4;1-9-2-7-12(13(14)8-9)10-3-5-11(15)6-4-10;/h5-12H,3H2,1-2,4H3;2-8,15H,1H3;1H4/b19-11-;;. The fourth-order valence-corrected chi connectivity index (χ4v) is 4.91. The van der Waals surface area contributed by atoms with Crippen molar-refractivity contribution in [2.75, 3.05) is 6.26 Å². The number of phenols is 1. The topological polar surface area (TPSA) is 20.2 Å². The summed E-state index contributed by atoms with van der Waals surface area (Å²) in [6.07, 6.45) is 4.30. The minimum atomic E-state index is -0.235. The summed E-state index contributed by atoms with van der Waals surface area (Å²) in [5, 5.41) is 9.12. The molecule has 1 aliphatic carbocycles. The average molecular weight is 529 g/mol. The van der Waals surface area contributed by atoms with E-state index in [2.05, 4.69) is 56.3 Å². The fraction of sp³-hybridized carbons (Fsp3) is 0.147. The third kappa shape index (κ3) is 6.38. The Morgan fingerprint density at radius 3 is 1.97 bits per heavy atom. The Balaban J connectivity index is 0.000000220. The Bertz CT molecular complexity index is 1530. The second kappa shape index (κ2) is 12.2. The van der Waals surface area contributed by atoms with Gasteiger partial charge in [0.05, 0.1) is 0 Å². The number of hydrogen-bond donors (Lipinski definition) is 1. The van der Waals surface area contributed by atoms with E-state index in [-0.39, 0.29) is 35.3 Å². The third-order valence-corrected chi connectivity index (χ3v) is 7.62. The summed E-state index contributed by atoms with van der Waals surface area (Å²) in [4.78, 5) is 1.26. The van der Waals surface area contributed by atoms with Crippen LogP contribution >= 0.6 is 10.5 Å². The molecule has 0 spiro atoms. The van der Waals surface area contributed by atoms with Crippen molar-refractivity contribution in [3.05, 3.63) is 124 Å². The minimum absolute atomic E-state index is 0. The van der Waals surface area contributed by atoms with Crippen molar-refractivity contribution in [3.8, 4) is 16.9 Å². The molecule has 4 heteroatoms. The van der Waals surface area contributed by atoms with Crippen molar-refractivity contribution in [2.45, 2.75) is 33.1 Å². The van der Waals surface area contributed by atoms with Gasteiger partial charge in [-0.05, 0) is 120 Å². The monoisotopic (exact) mass is 528 g/mol. The molecule has 0 amide bonds. The van der Waals surface area contributed by atoms with E-state index in [1.165, 1.54) is 28.2 Å². The SMILES string of the molecule is C.C=S(C)c1ccc(/C=C2/C(C)=C(C)c3cc(F)ccc32)cc1.Cc1ccc(-c2ccc(O)cc2)c(F)c1. The summed E-state index contributed by atoms with van der Waals surface area (Å²) >= 11 is 0. The molecule has 0 bridgehead atoms. The number of benzene rings is 4. The molecule has 0 heterocycles. The highest BCUT2D eigenvalue weighted by atomic mass is 32.2. The highest BCUT2D eigenvalue weighted by Gasteiger charge is 2.21. The summed E-state index contributed by atoms with van der Waals surface area (Å²) in [7, 11) is 0.0356. The number of rotatable bonds is 3. The first-order chi connectivity index (χ1) is 17.6. The molecule has 0 aromatic heterocycles. The maximum absolute atomic E-state index is 13.6. The normalized spacial score (nSPS) is 13.9. The van der Waals surface area contributed by atoms with E-state index in [1.54, 1.807) is 36.4 Å². The van der Waals surface area contributed by atoms with E-state index in [0.29, 0.717) is 5.56 Å². The Morgan fingerprint density at radius 1 is 0.737 bits per heavy atom. The van der Waals surface area contributed by atoms with Crippen molar-refractivity contribution < 1.29 is 13.9 Å². The zero-order chi connectivity index (χ0) is 26.7. The molecule has 0 radical (unpaired) electrons. The predicted octanol–water partition coefficient (Wildman–Crippen LogP) is 10.0. The second-order valence-electron chi connectivity index (χ2n) is 9.23. The van der Waals surface area contributed by atoms with Crippen molar-refractivity contribution in [1.82, 2.24) is 0 Å². The Kier molecular flexibility index (Phi) is 9.24. The fourth-order valence-electron chi connectivity index (χ4n) is 4.31. The molecule has 4 aromatic carbocycles. The molecule has 1 aliphatic rings. The van der Waals surface area contributed by atoms with Crippen LogP contribution in [0.4, 0.5) is 8.78 Å². The summed E-state index contributed by atoms with van der Waals surface area (Å²) < 4.78 is 27.1. The van der Waals surface area contributed by atoms with Crippen LogP contribution in [0.15, 0.2) is 95.4 Å². The molecule has 5 rings (SSSR count). The van der Waals surface area contributed by atoms with Crippen molar-refractivity contribution in [2.24, 2.45) is 0 Å². The molecule has 1 N–H and O–H groups in total. The maximum atomic E-state index is 13.6. The van der Waals surface area contributed by atoms with Gasteiger partial charge in [-0.15, -0.1) is 0 Å². The van der Waals surface area contributed by atoms with E-state index in [4.69, 9.17) is 5.11 Å². The summed E-state index contributed by atoms with van der Waals surface area (Å²) in [5.41, 5.74) is 9.07. The predicted molar refractivity (Wildman–Crippen MR) is 163 cm³/mol. The van der Waals surface area contributed by atoms with Gasteiger partial charge in [0, 0.05) is 10.5 Å². The van der Waals surface area contributed by atoms with Gasteiger partial charge in [0.1, 0.15) is 17.4 Å². The van der Waals surface area contributed by atoms with Crippen molar-refractivity contribution in [1.29, 1.82) is 0 Å². The van der Waals surface area contributed by atoms with Crippen LogP contribution in [0.5, 0.6) is 5.75 Å². The molecule has 0 aliphatic heterocycles. The van der Waals surface area contributed by atoms with E-state index in [1.807, 2.05) is 19.1 Å². The van der Waals surface area contributed by atoms with Gasteiger partial charge in [-0.3, -0.25) is 0 Å². The minimum Gasteiger partial charge on any atom is -0.508 e. The van der Waals surface area contributed by atoms with Gasteiger partial charge in [0.2, 0.25) is 0 Å². The lowest BCUT2D eigenvalue weighted by molar-refractivity contribution is 0.475. The number of fused-ring (bicyclic) bond motifs is 1. The lowest BCUT2D eigenvalue weighted by Crippen LogP contribution is -1.85. The van der Waals surface area contributed by atoms with Crippen molar-refractivity contribution >= 4 is 33.6 Å². The highest BCUT2D eigenvalue weighted by molar-refractivity contribution is 8.13. The third-order valence-electron chi connectivity index (χ3n) is 6.54. The van der Waals surface area contributed by atoms with E-state index < -0.39 is 0 Å². The van der Waals surface area contributed by atoms with Crippen LogP contribution in [0.3, 0.4) is 0 Å². The Morgan fingerprint density at radius 2 is 1.37 bits per heavy atom. The van der Waals surface area contributed by atoms with Gasteiger partial charge in [-0.2, -0.15) is 10.5 Å². The van der Waals surface area contributed by atoms with Crippen LogP contribution in [0.2, 0.25) is 0 Å². The maximum Gasteiger partial charge on any atom is 0.131 e. The lowest BCUT2D eigenvalue weighted by atomic mass is 10.0. The zero-order valence-electron chi connectivity index (χ0n) is 21.5. The molecule has 0 saturated heterocycles. The summed E-state index contributed by atoms with van der Waals surface area (Å²) in [5.74, 6) is 3.84. The van der Waals surface area contributed by atoms with E-state index >= 15 is 0 Å². The Labute approximate surface area is 227 Å². The van der Waals surface area contributed by atoms with Crippen LogP contribution in [0, 0.1) is 18.6 Å². The van der Waals surface area contributed by atoms with Crippen LogP contribution in [-0.2, 0) is 0 Å². The molecular weight excluding hydrogens is 494 g/mol. The number of phenolic OH excluding ortho intramolecular Hbond substituents is 1. The van der Waals surface area contributed by atoms with Crippen LogP contribution in [0.1, 0.15) is 43.5 Å². The largest absolute Gasteiger partial charge is 0.508 e. The van der Waals surface area contributed by atoms with Gasteiger partial charge in [0.25, 0.3) is 0 Å². The van der Waals surface area contributed by atoms with Gasteiger partial charge in [0.15, 0.2) is 0 Å². The first kappa shape index (κ1) is 28.8. The summed E-state index contributed by atoms with van der Waals surface area (Å²) in [6.45, 7) is 6.01. The molecule has 1 unspecified atom stereocenters. The van der Waals surface area contributed by atoms with E-state index in [0.717, 1.165) is 33.4 Å². The zero-order valence-corrected chi connectivity index (χ0v) is 22.3. The number of halogens is 2. The first-order valence-corrected chi connectivity index (χ1v) is 13.8. The van der Waals surface area contributed by atoms with Gasteiger partial charge in [-0.1, -0.05) is 55.8 Å². The first-order valence-electron chi connectivity index (χ1n) is 11.9. The lowest BCUT2D eigenvalue weighted by Gasteiger charge is -2.06. The molecule has 38 heavy (non-hydrogen) atoms. The van der Waals surface area contributed by atoms with Crippen molar-refractivity contribution in [3.63, 3.8) is 0 Å². The number of aromatic hydroxyl groups is 1. The number of allylic oxidation sites excluding steroid dienone is 3. The van der Waals surface area contributed by atoms with E-state index in [9.17, 15) is 8.78 Å². The van der Waals surface area contributed by atoms with Gasteiger partial charge < -0.3 is 5.11 Å². The van der Waals surface area contributed by atoms with Gasteiger partial charge >= 0.3 is 0 Å². The highest BCUT2D eigenvalue weighted by Crippen LogP contribution is 2.42.